The van der Waals surface area contributed by atoms with Crippen LogP contribution in [-0.4, -0.2) is 38.2 Å². The summed E-state index contributed by atoms with van der Waals surface area (Å²) >= 11 is 0. The summed E-state index contributed by atoms with van der Waals surface area (Å²) in [5, 5.41) is 4.36. The average Bonchev–Trinajstić information content (AvgIpc) is 2.46. The summed E-state index contributed by atoms with van der Waals surface area (Å²) in [5.41, 5.74) is 0.377. The molecule has 1 rings (SSSR count). The normalized spacial score (nSPS) is 11.2. The second-order valence-corrected chi connectivity index (χ2v) is 3.84. The summed E-state index contributed by atoms with van der Waals surface area (Å²) in [6.45, 7) is 1.51. The molecule has 0 unspecified atom stereocenters. The first-order chi connectivity index (χ1) is 9.47. The minimum absolute atomic E-state index is 0.377. The van der Waals surface area contributed by atoms with Crippen molar-refractivity contribution in [2.75, 3.05) is 14.2 Å². The minimum atomic E-state index is -0.851. The highest BCUT2D eigenvalue weighted by Crippen LogP contribution is 2.14. The van der Waals surface area contributed by atoms with E-state index >= 15 is 0 Å². The molecule has 0 fully saturated rings. The minimum Gasteiger partial charge on any atom is -0.481 e. The summed E-state index contributed by atoms with van der Waals surface area (Å²) < 4.78 is 9.91. The molecule has 20 heavy (non-hydrogen) atoms. The van der Waals surface area contributed by atoms with E-state index in [4.69, 9.17) is 4.74 Å². The Balaban J connectivity index is 2.62. The molecule has 7 nitrogen and oxygen atoms in total. The Morgan fingerprint density at radius 3 is 2.25 bits per heavy atom. The Morgan fingerprint density at radius 1 is 1.15 bits per heavy atom. The molecule has 0 aliphatic carbocycles. The summed E-state index contributed by atoms with van der Waals surface area (Å²) in [6.07, 6.45) is -0.851. The number of carbonyl (C=O) groups is 3. The number of imide groups is 1. The van der Waals surface area contributed by atoms with Gasteiger partial charge in [-0.25, -0.2) is 9.59 Å². The number of nitrogens with one attached hydrogen (secondary N) is 2. The van der Waals surface area contributed by atoms with Crippen LogP contribution in [0.2, 0.25) is 0 Å². The van der Waals surface area contributed by atoms with Crippen LogP contribution in [0.4, 0.5) is 4.79 Å². The smallest absolute Gasteiger partial charge is 0.337 e. The number of benzene rings is 1. The monoisotopic (exact) mass is 280 g/mol. The number of urea groups is 1. The molecule has 0 aromatic heterocycles. The third kappa shape index (κ3) is 4.27. The largest absolute Gasteiger partial charge is 0.481 e. The van der Waals surface area contributed by atoms with Crippen LogP contribution in [0.15, 0.2) is 24.3 Å². The average molecular weight is 280 g/mol. The molecule has 0 spiro atoms. The van der Waals surface area contributed by atoms with E-state index in [1.807, 2.05) is 0 Å². The van der Waals surface area contributed by atoms with Crippen molar-refractivity contribution in [3.05, 3.63) is 29.8 Å². The zero-order valence-electron chi connectivity index (χ0n) is 11.4. The quantitative estimate of drug-likeness (QED) is 0.792. The van der Waals surface area contributed by atoms with Crippen molar-refractivity contribution in [2.45, 2.75) is 13.0 Å². The molecule has 0 saturated carbocycles. The number of ether oxygens (including phenoxy) is 2. The van der Waals surface area contributed by atoms with Gasteiger partial charge >= 0.3 is 12.0 Å². The van der Waals surface area contributed by atoms with Gasteiger partial charge in [-0.15, -0.1) is 0 Å². The molecule has 0 heterocycles. The van der Waals surface area contributed by atoms with E-state index in [1.54, 1.807) is 0 Å². The molecule has 1 aromatic rings. The molecule has 0 aliphatic rings. The molecule has 0 radical (unpaired) electrons. The van der Waals surface area contributed by atoms with Gasteiger partial charge in [-0.2, -0.15) is 0 Å². The SMILES string of the molecule is CNC(=O)NC(=O)[C@H](C)Oc1ccc(C(=O)OC)cc1. The third-order valence-electron chi connectivity index (χ3n) is 2.42. The van der Waals surface area contributed by atoms with Crippen molar-refractivity contribution in [2.24, 2.45) is 0 Å². The molecule has 2 N–H and O–H groups in total. The fourth-order valence-corrected chi connectivity index (χ4v) is 1.32. The van der Waals surface area contributed by atoms with Gasteiger partial charge in [0.25, 0.3) is 5.91 Å². The molecule has 108 valence electrons. The number of esters is 1. The zero-order valence-corrected chi connectivity index (χ0v) is 11.4. The lowest BCUT2D eigenvalue weighted by Crippen LogP contribution is -2.43. The molecule has 1 atom stereocenters. The van der Waals surface area contributed by atoms with Gasteiger partial charge in [0, 0.05) is 7.05 Å². The number of hydrogen-bond acceptors (Lipinski definition) is 5. The molecule has 1 aromatic carbocycles. The van der Waals surface area contributed by atoms with E-state index < -0.39 is 24.0 Å². The summed E-state index contributed by atoms with van der Waals surface area (Å²) in [7, 11) is 2.69. The molecular weight excluding hydrogens is 264 g/mol. The first-order valence-electron chi connectivity index (χ1n) is 5.85. The second-order valence-electron chi connectivity index (χ2n) is 3.84. The maximum Gasteiger partial charge on any atom is 0.337 e. The van der Waals surface area contributed by atoms with E-state index in [9.17, 15) is 14.4 Å². The van der Waals surface area contributed by atoms with Crippen LogP contribution in [0.1, 0.15) is 17.3 Å². The predicted octanol–water partition coefficient (Wildman–Crippen LogP) is 0.696. The molecule has 3 amide bonds. The summed E-state index contributed by atoms with van der Waals surface area (Å²) in [6, 6.07) is 5.51. The Bertz CT molecular complexity index is 498. The number of rotatable bonds is 4. The highest BCUT2D eigenvalue weighted by Gasteiger charge is 2.17. The number of carbonyl (C=O) groups excluding carboxylic acids is 3. The van der Waals surface area contributed by atoms with Crippen molar-refractivity contribution >= 4 is 17.9 Å². The van der Waals surface area contributed by atoms with Crippen LogP contribution in [0.3, 0.4) is 0 Å². The molecule has 0 bridgehead atoms. The van der Waals surface area contributed by atoms with Gasteiger partial charge < -0.3 is 14.8 Å². The van der Waals surface area contributed by atoms with Gasteiger partial charge in [0.15, 0.2) is 6.10 Å². The van der Waals surface area contributed by atoms with E-state index in [-0.39, 0.29) is 0 Å². The Morgan fingerprint density at radius 2 is 1.75 bits per heavy atom. The summed E-state index contributed by atoms with van der Waals surface area (Å²) in [5.74, 6) is -0.624. The lowest BCUT2D eigenvalue weighted by atomic mass is 10.2. The van der Waals surface area contributed by atoms with Crippen molar-refractivity contribution in [1.82, 2.24) is 10.6 Å². The third-order valence-corrected chi connectivity index (χ3v) is 2.42. The van der Waals surface area contributed by atoms with Crippen molar-refractivity contribution < 1.29 is 23.9 Å². The number of hydrogen-bond donors (Lipinski definition) is 2. The van der Waals surface area contributed by atoms with E-state index in [1.165, 1.54) is 45.3 Å². The van der Waals surface area contributed by atoms with E-state index in [0.29, 0.717) is 11.3 Å². The van der Waals surface area contributed by atoms with Gasteiger partial charge in [-0.3, -0.25) is 10.1 Å². The van der Waals surface area contributed by atoms with Gasteiger partial charge in [0.2, 0.25) is 0 Å². The van der Waals surface area contributed by atoms with Crippen molar-refractivity contribution in [3.63, 3.8) is 0 Å². The fraction of sp³-hybridized carbons (Fsp3) is 0.308. The maximum atomic E-state index is 11.6. The first-order valence-corrected chi connectivity index (χ1v) is 5.85. The molecule has 0 aliphatic heterocycles. The Labute approximate surface area is 116 Å². The van der Waals surface area contributed by atoms with Crippen molar-refractivity contribution in [3.8, 4) is 5.75 Å². The van der Waals surface area contributed by atoms with Gasteiger partial charge in [0.05, 0.1) is 12.7 Å². The lowest BCUT2D eigenvalue weighted by Gasteiger charge is -2.14. The van der Waals surface area contributed by atoms with E-state index in [2.05, 4.69) is 15.4 Å². The van der Waals surface area contributed by atoms with Crippen LogP contribution in [0, 0.1) is 0 Å². The van der Waals surface area contributed by atoms with Crippen LogP contribution in [-0.2, 0) is 9.53 Å². The van der Waals surface area contributed by atoms with Crippen LogP contribution >= 0.6 is 0 Å². The molecule has 0 saturated heterocycles. The Hall–Kier alpha value is -2.57. The first kappa shape index (κ1) is 15.5. The van der Waals surface area contributed by atoms with Gasteiger partial charge in [-0.1, -0.05) is 0 Å². The highest BCUT2D eigenvalue weighted by atomic mass is 16.5. The van der Waals surface area contributed by atoms with Crippen LogP contribution in [0.5, 0.6) is 5.75 Å². The molecule has 7 heteroatoms. The standard InChI is InChI=1S/C13H16N2O5/c1-8(11(16)15-13(18)14-2)20-10-6-4-9(5-7-10)12(17)19-3/h4-8H,1-3H3,(H2,14,15,16,18)/t8-/m0/s1. The Kier molecular flexibility index (Phi) is 5.52. The number of methoxy groups -OCH3 is 1. The van der Waals surface area contributed by atoms with Crippen LogP contribution < -0.4 is 15.4 Å². The lowest BCUT2D eigenvalue weighted by molar-refractivity contribution is -0.126. The highest BCUT2D eigenvalue weighted by molar-refractivity contribution is 5.96. The van der Waals surface area contributed by atoms with Gasteiger partial charge in [-0.05, 0) is 31.2 Å². The predicted molar refractivity (Wildman–Crippen MR) is 70.5 cm³/mol. The van der Waals surface area contributed by atoms with Gasteiger partial charge in [0.1, 0.15) is 5.75 Å². The fourth-order valence-electron chi connectivity index (χ4n) is 1.32. The molecular formula is C13H16N2O5. The van der Waals surface area contributed by atoms with Crippen LogP contribution in [0.25, 0.3) is 0 Å². The summed E-state index contributed by atoms with van der Waals surface area (Å²) in [4.78, 5) is 33.8. The topological polar surface area (TPSA) is 93.7 Å². The second kappa shape index (κ2) is 7.13. The van der Waals surface area contributed by atoms with Crippen molar-refractivity contribution in [1.29, 1.82) is 0 Å². The maximum absolute atomic E-state index is 11.6. The number of amides is 3. The van der Waals surface area contributed by atoms with E-state index in [0.717, 1.165) is 0 Å². The zero-order chi connectivity index (χ0) is 15.1.